The molecule has 2 nitrogen and oxygen atoms in total. The molecule has 0 bridgehead atoms. The van der Waals surface area contributed by atoms with E-state index in [1.54, 1.807) is 0 Å². The monoisotopic (exact) mass is 207 g/mol. The van der Waals surface area contributed by atoms with Crippen LogP contribution in [0, 0.1) is 0 Å². The fourth-order valence-electron chi connectivity index (χ4n) is 1.52. The maximum atomic E-state index is 9.91. The van der Waals surface area contributed by atoms with E-state index in [0.717, 1.165) is 24.9 Å². The predicted octanol–water partition coefficient (Wildman–Crippen LogP) is 2.23. The molecular weight excluding hydrogens is 186 g/mol. The highest BCUT2D eigenvalue weighted by Crippen LogP contribution is 2.17. The minimum absolute atomic E-state index is 0.335. The summed E-state index contributed by atoms with van der Waals surface area (Å²) in [6.07, 6.45) is 1.50. The smallest absolute Gasteiger partial charge is 0.0802 e. The van der Waals surface area contributed by atoms with Gasteiger partial charge in [0.15, 0.2) is 0 Å². The third kappa shape index (κ3) is 4.02. The van der Waals surface area contributed by atoms with Crippen molar-refractivity contribution in [3.05, 3.63) is 35.4 Å². The van der Waals surface area contributed by atoms with Gasteiger partial charge in [0.05, 0.1) is 6.10 Å². The third-order valence-corrected chi connectivity index (χ3v) is 2.62. The van der Waals surface area contributed by atoms with Crippen LogP contribution in [0.15, 0.2) is 24.3 Å². The largest absolute Gasteiger partial charge is 0.388 e. The molecule has 0 heterocycles. The van der Waals surface area contributed by atoms with E-state index in [2.05, 4.69) is 24.0 Å². The van der Waals surface area contributed by atoms with E-state index in [-0.39, 0.29) is 6.10 Å². The summed E-state index contributed by atoms with van der Waals surface area (Å²) in [5.41, 5.74) is 2.34. The Hall–Kier alpha value is -0.860. The van der Waals surface area contributed by atoms with E-state index in [1.807, 2.05) is 26.2 Å². The van der Waals surface area contributed by atoms with Crippen LogP contribution in [-0.4, -0.2) is 30.6 Å². The Balaban J connectivity index is 2.54. The Labute approximate surface area is 92.5 Å². The fraction of sp³-hybridized carbons (Fsp3) is 0.538. The first-order chi connectivity index (χ1) is 7.13. The van der Waals surface area contributed by atoms with Crippen LogP contribution in [0.3, 0.4) is 0 Å². The zero-order valence-corrected chi connectivity index (χ0v) is 9.90. The third-order valence-electron chi connectivity index (χ3n) is 2.62. The second kappa shape index (κ2) is 5.89. The molecule has 0 radical (unpaired) electrons. The molecule has 1 aromatic rings. The van der Waals surface area contributed by atoms with Crippen molar-refractivity contribution in [3.8, 4) is 0 Å². The molecule has 0 fully saturated rings. The van der Waals surface area contributed by atoms with Gasteiger partial charge < -0.3 is 10.0 Å². The van der Waals surface area contributed by atoms with Crippen LogP contribution < -0.4 is 0 Å². The summed E-state index contributed by atoms with van der Waals surface area (Å²) in [6, 6.07) is 8.24. The van der Waals surface area contributed by atoms with E-state index < -0.39 is 0 Å². The molecule has 0 amide bonds. The lowest BCUT2D eigenvalue weighted by Crippen LogP contribution is -2.15. The molecule has 0 aliphatic heterocycles. The number of nitrogens with zero attached hydrogens (tertiary/aromatic N) is 1. The van der Waals surface area contributed by atoms with Crippen molar-refractivity contribution < 1.29 is 5.11 Å². The van der Waals surface area contributed by atoms with Crippen LogP contribution in [0.2, 0.25) is 0 Å². The Morgan fingerprint density at radius 2 is 1.80 bits per heavy atom. The van der Waals surface area contributed by atoms with Gasteiger partial charge in [-0.15, -0.1) is 0 Å². The lowest BCUT2D eigenvalue weighted by atomic mass is 10.0. The molecule has 0 spiro atoms. The molecule has 1 rings (SSSR count). The Bertz CT molecular complexity index is 279. The minimum Gasteiger partial charge on any atom is -0.388 e. The maximum Gasteiger partial charge on any atom is 0.0802 e. The van der Waals surface area contributed by atoms with E-state index >= 15 is 0 Å². The first kappa shape index (κ1) is 12.2. The van der Waals surface area contributed by atoms with Crippen molar-refractivity contribution in [2.45, 2.75) is 25.9 Å². The minimum atomic E-state index is -0.335. The normalized spacial score (nSPS) is 13.1. The molecule has 1 aromatic carbocycles. The predicted molar refractivity (Wildman–Crippen MR) is 64.0 cm³/mol. The Morgan fingerprint density at radius 3 is 2.27 bits per heavy atom. The average Bonchev–Trinajstić information content (AvgIpc) is 2.26. The van der Waals surface area contributed by atoms with Crippen LogP contribution in [0.4, 0.5) is 0 Å². The molecule has 2 heteroatoms. The highest BCUT2D eigenvalue weighted by Gasteiger charge is 2.07. The first-order valence-electron chi connectivity index (χ1n) is 5.55. The SMILES string of the molecule is CCc1ccc([C@@H](O)CCN(C)C)cc1. The zero-order chi connectivity index (χ0) is 11.3. The second-order valence-electron chi connectivity index (χ2n) is 4.20. The van der Waals surface area contributed by atoms with E-state index in [9.17, 15) is 5.11 Å². The Morgan fingerprint density at radius 1 is 1.20 bits per heavy atom. The second-order valence-corrected chi connectivity index (χ2v) is 4.20. The molecule has 0 aliphatic carbocycles. The summed E-state index contributed by atoms with van der Waals surface area (Å²) in [7, 11) is 4.04. The fourth-order valence-corrected chi connectivity index (χ4v) is 1.52. The molecule has 0 saturated heterocycles. The molecule has 84 valence electrons. The molecular formula is C13H21NO. The van der Waals surface area contributed by atoms with Gasteiger partial charge in [-0.2, -0.15) is 0 Å². The van der Waals surface area contributed by atoms with Gasteiger partial charge in [0, 0.05) is 6.54 Å². The topological polar surface area (TPSA) is 23.5 Å². The molecule has 0 aromatic heterocycles. The molecule has 0 unspecified atom stereocenters. The standard InChI is InChI=1S/C13H21NO/c1-4-11-5-7-12(8-6-11)13(15)9-10-14(2)3/h5-8,13,15H,4,9-10H2,1-3H3/t13-/m0/s1. The van der Waals surface area contributed by atoms with Crippen molar-refractivity contribution in [1.29, 1.82) is 0 Å². The summed E-state index contributed by atoms with van der Waals surface area (Å²) in [6.45, 7) is 3.05. The van der Waals surface area contributed by atoms with Crippen LogP contribution in [0.5, 0.6) is 0 Å². The van der Waals surface area contributed by atoms with E-state index in [4.69, 9.17) is 0 Å². The van der Waals surface area contributed by atoms with Gasteiger partial charge in [-0.1, -0.05) is 31.2 Å². The van der Waals surface area contributed by atoms with Crippen LogP contribution in [-0.2, 0) is 6.42 Å². The lowest BCUT2D eigenvalue weighted by molar-refractivity contribution is 0.154. The van der Waals surface area contributed by atoms with Crippen LogP contribution in [0.25, 0.3) is 0 Å². The summed E-state index contributed by atoms with van der Waals surface area (Å²) in [5.74, 6) is 0. The van der Waals surface area contributed by atoms with Crippen molar-refractivity contribution in [2.24, 2.45) is 0 Å². The molecule has 0 aliphatic rings. The molecule has 1 atom stereocenters. The number of aliphatic hydroxyl groups excluding tert-OH is 1. The highest BCUT2D eigenvalue weighted by molar-refractivity contribution is 5.24. The lowest BCUT2D eigenvalue weighted by Gasteiger charge is -2.14. The number of hydrogen-bond donors (Lipinski definition) is 1. The molecule has 15 heavy (non-hydrogen) atoms. The van der Waals surface area contributed by atoms with Gasteiger partial charge in [0.1, 0.15) is 0 Å². The number of rotatable bonds is 5. The van der Waals surface area contributed by atoms with Gasteiger partial charge in [0.25, 0.3) is 0 Å². The number of aryl methyl sites for hydroxylation is 1. The van der Waals surface area contributed by atoms with Crippen molar-refractivity contribution in [2.75, 3.05) is 20.6 Å². The Kier molecular flexibility index (Phi) is 4.79. The van der Waals surface area contributed by atoms with Gasteiger partial charge in [-0.3, -0.25) is 0 Å². The molecule has 1 N–H and O–H groups in total. The van der Waals surface area contributed by atoms with E-state index in [0.29, 0.717) is 0 Å². The zero-order valence-electron chi connectivity index (χ0n) is 9.90. The van der Waals surface area contributed by atoms with Gasteiger partial charge in [-0.25, -0.2) is 0 Å². The number of benzene rings is 1. The van der Waals surface area contributed by atoms with Crippen LogP contribution in [0.1, 0.15) is 30.6 Å². The van der Waals surface area contributed by atoms with Gasteiger partial charge in [-0.05, 0) is 38.1 Å². The van der Waals surface area contributed by atoms with E-state index in [1.165, 1.54) is 5.56 Å². The van der Waals surface area contributed by atoms with Crippen molar-refractivity contribution >= 4 is 0 Å². The quantitative estimate of drug-likeness (QED) is 0.800. The first-order valence-corrected chi connectivity index (χ1v) is 5.55. The van der Waals surface area contributed by atoms with Crippen molar-refractivity contribution in [3.63, 3.8) is 0 Å². The van der Waals surface area contributed by atoms with Crippen molar-refractivity contribution in [1.82, 2.24) is 4.90 Å². The van der Waals surface area contributed by atoms with Gasteiger partial charge in [0.2, 0.25) is 0 Å². The number of aliphatic hydroxyl groups is 1. The summed E-state index contributed by atoms with van der Waals surface area (Å²) < 4.78 is 0. The van der Waals surface area contributed by atoms with Crippen LogP contribution >= 0.6 is 0 Å². The maximum absolute atomic E-state index is 9.91. The van der Waals surface area contributed by atoms with Gasteiger partial charge >= 0.3 is 0 Å². The summed E-state index contributed by atoms with van der Waals surface area (Å²) in [5, 5.41) is 9.91. The number of hydrogen-bond acceptors (Lipinski definition) is 2. The summed E-state index contributed by atoms with van der Waals surface area (Å²) in [4.78, 5) is 2.09. The average molecular weight is 207 g/mol. The molecule has 0 saturated carbocycles. The highest BCUT2D eigenvalue weighted by atomic mass is 16.3. The summed E-state index contributed by atoms with van der Waals surface area (Å²) >= 11 is 0.